The van der Waals surface area contributed by atoms with Gasteiger partial charge in [0.2, 0.25) is 5.91 Å². The third-order valence-corrected chi connectivity index (χ3v) is 5.25. The van der Waals surface area contributed by atoms with Gasteiger partial charge in [0.25, 0.3) is 0 Å². The summed E-state index contributed by atoms with van der Waals surface area (Å²) in [6, 6.07) is 17.5. The first-order valence-electron chi connectivity index (χ1n) is 9.41. The van der Waals surface area contributed by atoms with Crippen molar-refractivity contribution in [3.8, 4) is 11.3 Å². The van der Waals surface area contributed by atoms with E-state index in [1.54, 1.807) is 6.08 Å². The molecular formula is C24H24ClNO2. The lowest BCUT2D eigenvalue weighted by Gasteiger charge is -2.09. The number of rotatable bonds is 6. The van der Waals surface area contributed by atoms with Gasteiger partial charge in [0.15, 0.2) is 0 Å². The van der Waals surface area contributed by atoms with Crippen LogP contribution in [-0.4, -0.2) is 5.91 Å². The molecule has 0 aliphatic rings. The number of anilines is 1. The van der Waals surface area contributed by atoms with E-state index >= 15 is 0 Å². The SMILES string of the molecule is CCC(C)c1ccc(NC(=O)/C=C/c2ccc(-c3ccc(C)c(Cl)c3)o2)cc1. The first-order valence-corrected chi connectivity index (χ1v) is 9.79. The Balaban J connectivity index is 1.63. The van der Waals surface area contributed by atoms with Crippen LogP contribution in [0.4, 0.5) is 5.69 Å². The number of amides is 1. The fourth-order valence-corrected chi connectivity index (χ4v) is 3.00. The molecule has 3 rings (SSSR count). The van der Waals surface area contributed by atoms with E-state index in [9.17, 15) is 4.79 Å². The van der Waals surface area contributed by atoms with Gasteiger partial charge in [0.1, 0.15) is 11.5 Å². The van der Waals surface area contributed by atoms with Gasteiger partial charge in [-0.05, 0) is 66.8 Å². The number of hydrogen-bond acceptors (Lipinski definition) is 2. The Morgan fingerprint density at radius 3 is 2.57 bits per heavy atom. The predicted octanol–water partition coefficient (Wildman–Crippen LogP) is 7.07. The number of hydrogen-bond donors (Lipinski definition) is 1. The van der Waals surface area contributed by atoms with Gasteiger partial charge in [0.05, 0.1) is 0 Å². The van der Waals surface area contributed by atoms with Crippen LogP contribution in [-0.2, 0) is 4.79 Å². The van der Waals surface area contributed by atoms with E-state index in [1.807, 2.05) is 49.4 Å². The van der Waals surface area contributed by atoms with Gasteiger partial charge in [-0.25, -0.2) is 0 Å². The number of benzene rings is 2. The van der Waals surface area contributed by atoms with Crippen molar-refractivity contribution in [1.82, 2.24) is 0 Å². The van der Waals surface area contributed by atoms with Crippen molar-refractivity contribution in [3.05, 3.63) is 82.6 Å². The Morgan fingerprint density at radius 2 is 1.89 bits per heavy atom. The summed E-state index contributed by atoms with van der Waals surface area (Å²) >= 11 is 6.18. The Labute approximate surface area is 171 Å². The van der Waals surface area contributed by atoms with E-state index in [4.69, 9.17) is 16.0 Å². The van der Waals surface area contributed by atoms with Crippen LogP contribution in [0.15, 0.2) is 65.1 Å². The van der Waals surface area contributed by atoms with Gasteiger partial charge in [-0.2, -0.15) is 0 Å². The van der Waals surface area contributed by atoms with Crippen LogP contribution in [0.25, 0.3) is 17.4 Å². The second-order valence-corrected chi connectivity index (χ2v) is 7.33. The number of furan rings is 1. The summed E-state index contributed by atoms with van der Waals surface area (Å²) in [5, 5.41) is 3.56. The number of carbonyl (C=O) groups excluding carboxylic acids is 1. The van der Waals surface area contributed by atoms with Crippen molar-refractivity contribution in [1.29, 1.82) is 0 Å². The fraction of sp³-hybridized carbons (Fsp3) is 0.208. The van der Waals surface area contributed by atoms with Crippen LogP contribution < -0.4 is 5.32 Å². The molecule has 1 heterocycles. The van der Waals surface area contributed by atoms with E-state index in [1.165, 1.54) is 11.6 Å². The standard InChI is InChI=1S/C24H24ClNO2/c1-4-16(2)18-7-9-20(10-8-18)26-24(27)14-12-21-11-13-23(28-21)19-6-5-17(3)22(25)15-19/h5-16H,4H2,1-3H3,(H,26,27)/b14-12+. The molecule has 1 N–H and O–H groups in total. The summed E-state index contributed by atoms with van der Waals surface area (Å²) in [7, 11) is 0. The maximum atomic E-state index is 12.2. The Hall–Kier alpha value is -2.78. The minimum absolute atomic E-state index is 0.201. The molecule has 0 saturated heterocycles. The molecule has 144 valence electrons. The van der Waals surface area contributed by atoms with Crippen LogP contribution in [0.2, 0.25) is 5.02 Å². The summed E-state index contributed by atoms with van der Waals surface area (Å²) in [5.74, 6) is 1.63. The minimum Gasteiger partial charge on any atom is -0.457 e. The Morgan fingerprint density at radius 1 is 1.14 bits per heavy atom. The molecule has 3 aromatic rings. The molecule has 1 amide bonds. The maximum Gasteiger partial charge on any atom is 0.248 e. The lowest BCUT2D eigenvalue weighted by atomic mass is 9.99. The summed E-state index contributed by atoms with van der Waals surface area (Å²) in [6.45, 7) is 6.32. The highest BCUT2D eigenvalue weighted by molar-refractivity contribution is 6.31. The van der Waals surface area contributed by atoms with Gasteiger partial charge in [-0.1, -0.05) is 49.7 Å². The normalized spacial score (nSPS) is 12.3. The van der Waals surface area contributed by atoms with Crippen LogP contribution in [0.3, 0.4) is 0 Å². The molecule has 0 aliphatic heterocycles. The highest BCUT2D eigenvalue weighted by Crippen LogP contribution is 2.27. The molecule has 0 spiro atoms. The molecule has 1 unspecified atom stereocenters. The molecule has 1 atom stereocenters. The number of carbonyl (C=O) groups is 1. The highest BCUT2D eigenvalue weighted by atomic mass is 35.5. The zero-order valence-electron chi connectivity index (χ0n) is 16.3. The number of aryl methyl sites for hydroxylation is 1. The first kappa shape index (κ1) is 20.0. The third kappa shape index (κ3) is 4.93. The maximum absolute atomic E-state index is 12.2. The largest absolute Gasteiger partial charge is 0.457 e. The predicted molar refractivity (Wildman–Crippen MR) is 117 cm³/mol. The quantitative estimate of drug-likeness (QED) is 0.455. The lowest BCUT2D eigenvalue weighted by molar-refractivity contribution is -0.111. The molecule has 1 aromatic heterocycles. The molecule has 3 nitrogen and oxygen atoms in total. The molecule has 2 aromatic carbocycles. The monoisotopic (exact) mass is 393 g/mol. The minimum atomic E-state index is -0.201. The van der Waals surface area contributed by atoms with E-state index < -0.39 is 0 Å². The number of nitrogens with one attached hydrogen (secondary N) is 1. The summed E-state index contributed by atoms with van der Waals surface area (Å²) in [5.41, 5.74) is 3.97. The fourth-order valence-electron chi connectivity index (χ4n) is 2.82. The highest BCUT2D eigenvalue weighted by Gasteiger charge is 2.06. The second-order valence-electron chi connectivity index (χ2n) is 6.92. The lowest BCUT2D eigenvalue weighted by Crippen LogP contribution is -2.07. The van der Waals surface area contributed by atoms with E-state index in [-0.39, 0.29) is 5.91 Å². The van der Waals surface area contributed by atoms with E-state index in [0.29, 0.717) is 22.5 Å². The molecule has 0 fully saturated rings. The molecule has 0 bridgehead atoms. The van der Waals surface area contributed by atoms with Gasteiger partial charge in [-0.15, -0.1) is 0 Å². The van der Waals surface area contributed by atoms with Crippen molar-refractivity contribution in [2.45, 2.75) is 33.1 Å². The third-order valence-electron chi connectivity index (χ3n) is 4.84. The van der Waals surface area contributed by atoms with Crippen molar-refractivity contribution >= 4 is 29.3 Å². The topological polar surface area (TPSA) is 42.2 Å². The molecule has 4 heteroatoms. The van der Waals surface area contributed by atoms with Crippen molar-refractivity contribution in [2.75, 3.05) is 5.32 Å². The van der Waals surface area contributed by atoms with Crippen LogP contribution >= 0.6 is 11.6 Å². The van der Waals surface area contributed by atoms with Crippen LogP contribution in [0.5, 0.6) is 0 Å². The Bertz CT molecular complexity index is 986. The molecule has 0 radical (unpaired) electrons. The Kier molecular flexibility index (Phi) is 6.37. The molecule has 0 aliphatic carbocycles. The average Bonchev–Trinajstić information content (AvgIpc) is 3.17. The van der Waals surface area contributed by atoms with Crippen LogP contribution in [0, 0.1) is 6.92 Å². The van der Waals surface area contributed by atoms with Crippen molar-refractivity contribution < 1.29 is 9.21 Å². The van der Waals surface area contributed by atoms with E-state index in [0.717, 1.165) is 23.2 Å². The van der Waals surface area contributed by atoms with Crippen molar-refractivity contribution in [2.24, 2.45) is 0 Å². The van der Waals surface area contributed by atoms with Crippen molar-refractivity contribution in [3.63, 3.8) is 0 Å². The zero-order valence-corrected chi connectivity index (χ0v) is 17.1. The van der Waals surface area contributed by atoms with Gasteiger partial charge < -0.3 is 9.73 Å². The summed E-state index contributed by atoms with van der Waals surface area (Å²) in [6.07, 6.45) is 4.21. The second kappa shape index (κ2) is 8.94. The smallest absolute Gasteiger partial charge is 0.248 e. The molecule has 0 saturated carbocycles. The number of halogens is 1. The molecule has 28 heavy (non-hydrogen) atoms. The van der Waals surface area contributed by atoms with E-state index in [2.05, 4.69) is 31.3 Å². The van der Waals surface area contributed by atoms with Gasteiger partial charge in [0, 0.05) is 22.3 Å². The first-order chi connectivity index (χ1) is 13.5. The van der Waals surface area contributed by atoms with Gasteiger partial charge >= 0.3 is 0 Å². The summed E-state index contributed by atoms with van der Waals surface area (Å²) < 4.78 is 5.79. The summed E-state index contributed by atoms with van der Waals surface area (Å²) in [4.78, 5) is 12.2. The average molecular weight is 394 g/mol. The van der Waals surface area contributed by atoms with Gasteiger partial charge in [-0.3, -0.25) is 4.79 Å². The zero-order chi connectivity index (χ0) is 20.1. The van der Waals surface area contributed by atoms with Crippen LogP contribution in [0.1, 0.15) is 43.1 Å². The molecular weight excluding hydrogens is 370 g/mol.